The maximum absolute atomic E-state index is 11.0. The fourth-order valence-corrected chi connectivity index (χ4v) is 2.97. The van der Waals surface area contributed by atoms with Crippen molar-refractivity contribution in [1.29, 1.82) is 10.5 Å². The predicted molar refractivity (Wildman–Crippen MR) is 120 cm³/mol. The number of carboxylic acid groups (broad SMARTS) is 2. The minimum absolute atomic E-state index is 0.146. The molecule has 0 aliphatic heterocycles. The highest BCUT2D eigenvalue weighted by atomic mass is 16.4. The van der Waals surface area contributed by atoms with Crippen molar-refractivity contribution < 1.29 is 19.8 Å². The van der Waals surface area contributed by atoms with Crippen molar-refractivity contribution in [1.82, 2.24) is 0 Å². The van der Waals surface area contributed by atoms with Crippen LogP contribution in [0.5, 0.6) is 0 Å². The smallest absolute Gasteiger partial charge is 0.335 e. The maximum Gasteiger partial charge on any atom is 0.335 e. The Morgan fingerprint density at radius 3 is 1.09 bits per heavy atom. The lowest BCUT2D eigenvalue weighted by atomic mass is 10.00. The van der Waals surface area contributed by atoms with Crippen LogP contribution in [0.1, 0.15) is 43.0 Å². The molecule has 3 aromatic rings. The molecular weight excluding hydrogens is 404 g/mol. The first kappa shape index (κ1) is 21.8. The van der Waals surface area contributed by atoms with Gasteiger partial charge >= 0.3 is 11.9 Å². The molecule has 0 bridgehead atoms. The molecule has 0 heterocycles. The molecule has 154 valence electrons. The number of carbonyl (C=O) groups is 2. The molecule has 0 aromatic heterocycles. The van der Waals surface area contributed by atoms with Crippen LogP contribution in [0.4, 0.5) is 0 Å². The minimum Gasteiger partial charge on any atom is -0.478 e. The molecule has 0 saturated heterocycles. The molecule has 3 aromatic carbocycles. The number of carboxylic acids is 2. The van der Waals surface area contributed by atoms with Crippen molar-refractivity contribution in [2.75, 3.05) is 0 Å². The SMILES string of the molecule is N#CC(=Cc1ccc(C=C(C#N)c2ccc(C(=O)O)cc2)cc1)c1ccc(C(=O)O)cc1. The first-order valence-electron chi connectivity index (χ1n) is 9.42. The average molecular weight is 420 g/mol. The highest BCUT2D eigenvalue weighted by molar-refractivity contribution is 5.93. The second-order valence-electron chi connectivity index (χ2n) is 6.77. The van der Waals surface area contributed by atoms with Crippen LogP contribution in [0.3, 0.4) is 0 Å². The monoisotopic (exact) mass is 420 g/mol. The summed E-state index contributed by atoms with van der Waals surface area (Å²) < 4.78 is 0. The molecule has 32 heavy (non-hydrogen) atoms. The molecule has 0 spiro atoms. The summed E-state index contributed by atoms with van der Waals surface area (Å²) in [7, 11) is 0. The normalized spacial score (nSPS) is 11.3. The molecule has 0 saturated carbocycles. The van der Waals surface area contributed by atoms with E-state index in [4.69, 9.17) is 10.2 Å². The number of allylic oxidation sites excluding steroid dienone is 2. The summed E-state index contributed by atoms with van der Waals surface area (Å²) >= 11 is 0. The molecule has 0 fully saturated rings. The number of nitriles is 2. The van der Waals surface area contributed by atoms with Gasteiger partial charge in [0.15, 0.2) is 0 Å². The lowest BCUT2D eigenvalue weighted by Crippen LogP contribution is -1.95. The molecule has 2 N–H and O–H groups in total. The van der Waals surface area contributed by atoms with E-state index >= 15 is 0 Å². The van der Waals surface area contributed by atoms with Gasteiger partial charge in [0, 0.05) is 0 Å². The molecule has 0 atom stereocenters. The van der Waals surface area contributed by atoms with E-state index < -0.39 is 11.9 Å². The van der Waals surface area contributed by atoms with Crippen molar-refractivity contribution in [3.63, 3.8) is 0 Å². The highest BCUT2D eigenvalue weighted by Gasteiger charge is 2.07. The van der Waals surface area contributed by atoms with E-state index in [-0.39, 0.29) is 11.1 Å². The van der Waals surface area contributed by atoms with Gasteiger partial charge in [-0.05, 0) is 58.7 Å². The number of hydrogen-bond donors (Lipinski definition) is 2. The molecule has 6 heteroatoms. The zero-order valence-electron chi connectivity index (χ0n) is 16.7. The number of nitrogens with zero attached hydrogens (tertiary/aromatic N) is 2. The van der Waals surface area contributed by atoms with Gasteiger partial charge < -0.3 is 10.2 Å². The first-order chi connectivity index (χ1) is 15.4. The van der Waals surface area contributed by atoms with Gasteiger partial charge in [-0.2, -0.15) is 10.5 Å². The van der Waals surface area contributed by atoms with E-state index in [1.807, 2.05) is 0 Å². The molecule has 0 amide bonds. The quantitative estimate of drug-likeness (QED) is 0.417. The lowest BCUT2D eigenvalue weighted by Gasteiger charge is -2.03. The zero-order valence-corrected chi connectivity index (χ0v) is 16.7. The Morgan fingerprint density at radius 2 is 0.844 bits per heavy atom. The lowest BCUT2D eigenvalue weighted by molar-refractivity contribution is 0.0686. The van der Waals surface area contributed by atoms with Crippen molar-refractivity contribution in [2.24, 2.45) is 0 Å². The van der Waals surface area contributed by atoms with Crippen molar-refractivity contribution in [3.05, 3.63) is 106 Å². The van der Waals surface area contributed by atoms with Gasteiger partial charge in [0.1, 0.15) is 0 Å². The van der Waals surface area contributed by atoms with E-state index in [0.717, 1.165) is 11.1 Å². The molecular formula is C26H16N2O4. The molecule has 6 nitrogen and oxygen atoms in total. The number of benzene rings is 3. The van der Waals surface area contributed by atoms with E-state index in [9.17, 15) is 20.1 Å². The van der Waals surface area contributed by atoms with Gasteiger partial charge in [-0.25, -0.2) is 9.59 Å². The van der Waals surface area contributed by atoms with Crippen LogP contribution in [0.2, 0.25) is 0 Å². The van der Waals surface area contributed by atoms with Crippen LogP contribution in [0, 0.1) is 22.7 Å². The predicted octanol–water partition coefficient (Wildman–Crippen LogP) is 5.21. The van der Waals surface area contributed by atoms with Gasteiger partial charge in [-0.3, -0.25) is 0 Å². The Labute approximate surface area is 184 Å². The topological polar surface area (TPSA) is 122 Å². The van der Waals surface area contributed by atoms with E-state index in [2.05, 4.69) is 12.1 Å². The maximum atomic E-state index is 11.0. The fraction of sp³-hybridized carbons (Fsp3) is 0. The summed E-state index contributed by atoms with van der Waals surface area (Å²) in [5, 5.41) is 37.0. The molecule has 0 radical (unpaired) electrons. The van der Waals surface area contributed by atoms with Crippen LogP contribution >= 0.6 is 0 Å². The van der Waals surface area contributed by atoms with Gasteiger partial charge in [-0.1, -0.05) is 48.5 Å². The summed E-state index contributed by atoms with van der Waals surface area (Å²) in [6, 6.07) is 23.6. The molecule has 0 unspecified atom stereocenters. The molecule has 0 aliphatic rings. The Hall–Kier alpha value is -4.94. The summed E-state index contributed by atoms with van der Waals surface area (Å²) in [6.07, 6.45) is 3.39. The van der Waals surface area contributed by atoms with E-state index in [0.29, 0.717) is 22.3 Å². The van der Waals surface area contributed by atoms with Crippen LogP contribution < -0.4 is 0 Å². The second kappa shape index (κ2) is 9.71. The molecule has 0 aliphatic carbocycles. The van der Waals surface area contributed by atoms with Crippen LogP contribution in [-0.4, -0.2) is 22.2 Å². The largest absolute Gasteiger partial charge is 0.478 e. The Bertz CT molecular complexity index is 1200. The third-order valence-electron chi connectivity index (χ3n) is 4.69. The van der Waals surface area contributed by atoms with Gasteiger partial charge in [0.25, 0.3) is 0 Å². The van der Waals surface area contributed by atoms with Crippen LogP contribution in [-0.2, 0) is 0 Å². The summed E-state index contributed by atoms with van der Waals surface area (Å²) in [5.41, 5.74) is 3.83. The summed E-state index contributed by atoms with van der Waals surface area (Å²) in [5.74, 6) is -2.06. The molecule has 3 rings (SSSR count). The number of hydrogen-bond acceptors (Lipinski definition) is 4. The highest BCUT2D eigenvalue weighted by Crippen LogP contribution is 2.21. The second-order valence-corrected chi connectivity index (χ2v) is 6.77. The Kier molecular flexibility index (Phi) is 6.60. The standard InChI is InChI=1S/C26H16N2O4/c27-15-23(19-5-9-21(10-6-19)25(29)30)13-17-1-2-18(4-3-17)14-24(16-28)20-7-11-22(12-8-20)26(31)32/h1-14H,(H,29,30)(H,31,32). The minimum atomic E-state index is -1.03. The number of rotatable bonds is 6. The average Bonchev–Trinajstić information content (AvgIpc) is 2.82. The van der Waals surface area contributed by atoms with Gasteiger partial charge in [-0.15, -0.1) is 0 Å². The Balaban J connectivity index is 1.84. The Morgan fingerprint density at radius 1 is 0.562 bits per heavy atom. The first-order valence-corrected chi connectivity index (χ1v) is 9.42. The van der Waals surface area contributed by atoms with Crippen molar-refractivity contribution >= 4 is 35.2 Å². The van der Waals surface area contributed by atoms with Crippen LogP contribution in [0.15, 0.2) is 72.8 Å². The van der Waals surface area contributed by atoms with Crippen molar-refractivity contribution in [2.45, 2.75) is 0 Å². The fourth-order valence-electron chi connectivity index (χ4n) is 2.97. The van der Waals surface area contributed by atoms with E-state index in [1.165, 1.54) is 24.3 Å². The number of aromatic carboxylic acids is 2. The zero-order chi connectivity index (χ0) is 23.1. The third-order valence-corrected chi connectivity index (χ3v) is 4.69. The third kappa shape index (κ3) is 5.15. The van der Waals surface area contributed by atoms with Gasteiger partial charge in [0.05, 0.1) is 34.4 Å². The van der Waals surface area contributed by atoms with Gasteiger partial charge in [0.2, 0.25) is 0 Å². The van der Waals surface area contributed by atoms with E-state index in [1.54, 1.807) is 60.7 Å². The summed E-state index contributed by atoms with van der Waals surface area (Å²) in [4.78, 5) is 22.0. The van der Waals surface area contributed by atoms with Crippen molar-refractivity contribution in [3.8, 4) is 12.1 Å². The van der Waals surface area contributed by atoms with Crippen LogP contribution in [0.25, 0.3) is 23.3 Å². The summed E-state index contributed by atoms with van der Waals surface area (Å²) in [6.45, 7) is 0.